The minimum atomic E-state index is 0.101. The summed E-state index contributed by atoms with van der Waals surface area (Å²) in [4.78, 5) is 15.7. The van der Waals surface area contributed by atoms with Gasteiger partial charge in [-0.3, -0.25) is 4.99 Å². The lowest BCUT2D eigenvalue weighted by atomic mass is 9.74. The van der Waals surface area contributed by atoms with Crippen LogP contribution in [0, 0.1) is 5.92 Å². The van der Waals surface area contributed by atoms with E-state index in [0.717, 1.165) is 68.6 Å². The van der Waals surface area contributed by atoms with Crippen LogP contribution >= 0.6 is 0 Å². The minimum Gasteiger partial charge on any atom is -0.284 e. The number of aliphatic imine (C=N–C) groups is 1. The molecule has 2 aromatic heterocycles. The molecule has 2 aliphatic rings. The molecule has 0 N–H and O–H groups in total. The van der Waals surface area contributed by atoms with Crippen LogP contribution in [0.15, 0.2) is 204 Å². The summed E-state index contributed by atoms with van der Waals surface area (Å²) in [5, 5.41) is 4.65. The van der Waals surface area contributed by atoms with Crippen molar-refractivity contribution in [1.29, 1.82) is 0 Å². The average Bonchev–Trinajstić information content (AvgIpc) is 3.25. The van der Waals surface area contributed by atoms with Gasteiger partial charge in [-0.25, -0.2) is 9.97 Å². The van der Waals surface area contributed by atoms with Gasteiger partial charge in [0.25, 0.3) is 0 Å². The zero-order chi connectivity index (χ0) is 37.8. The molecule has 270 valence electrons. The number of allylic oxidation sites excluding steroid dienone is 11. The Labute approximate surface area is 329 Å². The third-order valence-corrected chi connectivity index (χ3v) is 10.8. The first-order valence-corrected chi connectivity index (χ1v) is 19.6. The van der Waals surface area contributed by atoms with E-state index < -0.39 is 0 Å². The summed E-state index contributed by atoms with van der Waals surface area (Å²) in [6.07, 6.45) is 20.9. The molecule has 2 heterocycles. The van der Waals surface area contributed by atoms with E-state index in [1.807, 2.05) is 6.07 Å². The first-order valence-electron chi connectivity index (χ1n) is 19.6. The van der Waals surface area contributed by atoms with Crippen molar-refractivity contribution in [3.8, 4) is 11.3 Å². The second kappa shape index (κ2) is 15.6. The van der Waals surface area contributed by atoms with Crippen molar-refractivity contribution in [2.75, 3.05) is 6.54 Å². The fourth-order valence-electron chi connectivity index (χ4n) is 7.94. The third-order valence-electron chi connectivity index (χ3n) is 10.8. The summed E-state index contributed by atoms with van der Waals surface area (Å²) >= 11 is 0. The highest BCUT2D eigenvalue weighted by Gasteiger charge is 2.29. The van der Waals surface area contributed by atoms with Crippen molar-refractivity contribution in [2.24, 2.45) is 10.9 Å². The second-order valence-corrected chi connectivity index (χ2v) is 14.9. The van der Waals surface area contributed by atoms with Gasteiger partial charge in [-0.05, 0) is 65.9 Å². The van der Waals surface area contributed by atoms with Gasteiger partial charge >= 0.3 is 0 Å². The van der Waals surface area contributed by atoms with Gasteiger partial charge in [0.05, 0.1) is 22.4 Å². The molecule has 0 saturated heterocycles. The maximum Gasteiger partial charge on any atom is 0.0972 e. The lowest BCUT2D eigenvalue weighted by Crippen LogP contribution is -2.18. The van der Waals surface area contributed by atoms with Crippen molar-refractivity contribution in [2.45, 2.75) is 26.2 Å². The molecule has 0 amide bonds. The molecule has 0 fully saturated rings. The van der Waals surface area contributed by atoms with Crippen LogP contribution in [0.4, 0.5) is 0 Å². The van der Waals surface area contributed by atoms with Crippen LogP contribution in [0.5, 0.6) is 0 Å². The number of benzene rings is 5. The molecule has 0 radical (unpaired) electrons. The van der Waals surface area contributed by atoms with Gasteiger partial charge in [-0.1, -0.05) is 176 Å². The first kappa shape index (κ1) is 35.0. The Hall–Kier alpha value is -6.71. The molecule has 56 heavy (non-hydrogen) atoms. The fraction of sp³-hybridized carbons (Fsp3) is 0.113. The van der Waals surface area contributed by atoms with Gasteiger partial charge in [0, 0.05) is 51.5 Å². The lowest BCUT2D eigenvalue weighted by molar-refractivity contribution is 0.658. The number of nitrogens with zero attached hydrogens (tertiary/aromatic N) is 3. The molecular weight excluding hydrogens is 679 g/mol. The summed E-state index contributed by atoms with van der Waals surface area (Å²) in [7, 11) is 0. The first-order chi connectivity index (χ1) is 27.6. The Morgan fingerprint density at radius 3 is 2.14 bits per heavy atom. The van der Waals surface area contributed by atoms with E-state index in [1.165, 1.54) is 33.1 Å². The topological polar surface area (TPSA) is 38.1 Å². The SMILES string of the molecule is CC(C)=C/C=C\CCN=C(c1ccc(C2=C3C=CC=CC3C(c3ccc4ccc5ccc(-c6ccccc6)nc5c4n3)C=C2)cc1)c1ccc2ccccc2c1. The molecule has 3 heteroatoms. The molecule has 0 saturated carbocycles. The summed E-state index contributed by atoms with van der Waals surface area (Å²) in [6.45, 7) is 4.96. The van der Waals surface area contributed by atoms with Gasteiger partial charge in [0.1, 0.15) is 0 Å². The molecule has 2 unspecified atom stereocenters. The van der Waals surface area contributed by atoms with E-state index in [-0.39, 0.29) is 11.8 Å². The van der Waals surface area contributed by atoms with Gasteiger partial charge in [0.15, 0.2) is 0 Å². The van der Waals surface area contributed by atoms with Crippen LogP contribution < -0.4 is 0 Å². The van der Waals surface area contributed by atoms with Crippen LogP contribution in [0.1, 0.15) is 48.6 Å². The maximum atomic E-state index is 5.36. The van der Waals surface area contributed by atoms with Gasteiger partial charge in [-0.15, -0.1) is 0 Å². The molecule has 7 aromatic rings. The molecule has 2 atom stereocenters. The number of pyridine rings is 2. The third kappa shape index (κ3) is 7.12. The van der Waals surface area contributed by atoms with Gasteiger partial charge in [-0.2, -0.15) is 0 Å². The van der Waals surface area contributed by atoms with Gasteiger partial charge in [0.2, 0.25) is 0 Å². The zero-order valence-corrected chi connectivity index (χ0v) is 31.8. The number of hydrogen-bond acceptors (Lipinski definition) is 3. The average molecular weight is 722 g/mol. The molecule has 2 aliphatic carbocycles. The second-order valence-electron chi connectivity index (χ2n) is 14.9. The zero-order valence-electron chi connectivity index (χ0n) is 31.8. The number of fused-ring (bicyclic) bond motifs is 5. The molecule has 9 rings (SSSR count). The largest absolute Gasteiger partial charge is 0.284 e. The molecular formula is C53H43N3. The summed E-state index contributed by atoms with van der Waals surface area (Å²) in [5.41, 5.74) is 13.3. The summed E-state index contributed by atoms with van der Waals surface area (Å²) < 4.78 is 0. The summed E-state index contributed by atoms with van der Waals surface area (Å²) in [6, 6.07) is 47.5. The Kier molecular flexibility index (Phi) is 9.74. The van der Waals surface area contributed by atoms with Crippen LogP contribution in [0.25, 0.3) is 49.4 Å². The van der Waals surface area contributed by atoms with Crippen LogP contribution in [0.2, 0.25) is 0 Å². The summed E-state index contributed by atoms with van der Waals surface area (Å²) in [5.74, 6) is 0.269. The molecule has 0 spiro atoms. The standard InChI is InChI=1S/C53H43N3/c1-36(2)13-5-4-12-34-54-51(44-27-20-37-14-8-9-17-43(37)35-44)40-23-21-38(22-24-40)45-30-31-48(47-19-11-10-18-46(45)47)50-33-29-42-26-25-41-28-32-49(39-15-6-3-7-16-39)55-52(41)53(42)56-50/h3-11,13-33,35,47-48H,12,34H2,1-2H3/b5-4-,54-51?. The molecule has 3 nitrogen and oxygen atoms in total. The predicted molar refractivity (Wildman–Crippen MR) is 237 cm³/mol. The fourth-order valence-corrected chi connectivity index (χ4v) is 7.94. The van der Waals surface area contributed by atoms with Crippen LogP contribution in [0.3, 0.4) is 0 Å². The number of aromatic nitrogens is 2. The minimum absolute atomic E-state index is 0.101. The Balaban J connectivity index is 1.04. The van der Waals surface area contributed by atoms with Crippen molar-refractivity contribution < 1.29 is 0 Å². The maximum absolute atomic E-state index is 5.36. The molecule has 0 bridgehead atoms. The van der Waals surface area contributed by atoms with Crippen LogP contribution in [-0.4, -0.2) is 22.2 Å². The van der Waals surface area contributed by atoms with Gasteiger partial charge < -0.3 is 0 Å². The smallest absolute Gasteiger partial charge is 0.0972 e. The van der Waals surface area contributed by atoms with Crippen molar-refractivity contribution in [1.82, 2.24) is 9.97 Å². The van der Waals surface area contributed by atoms with Crippen LogP contribution in [-0.2, 0) is 0 Å². The van der Waals surface area contributed by atoms with E-state index in [4.69, 9.17) is 15.0 Å². The van der Waals surface area contributed by atoms with E-state index in [1.54, 1.807) is 0 Å². The highest BCUT2D eigenvalue weighted by Crippen LogP contribution is 2.43. The van der Waals surface area contributed by atoms with E-state index >= 15 is 0 Å². The number of rotatable bonds is 9. The van der Waals surface area contributed by atoms with E-state index in [0.29, 0.717) is 0 Å². The lowest BCUT2D eigenvalue weighted by Gasteiger charge is -2.30. The Bertz CT molecular complexity index is 2810. The normalized spacial score (nSPS) is 16.6. The van der Waals surface area contributed by atoms with Crippen molar-refractivity contribution in [3.63, 3.8) is 0 Å². The number of hydrogen-bond donors (Lipinski definition) is 0. The quantitative estimate of drug-likeness (QED) is 0.0644. The Morgan fingerprint density at radius 1 is 0.607 bits per heavy atom. The predicted octanol–water partition coefficient (Wildman–Crippen LogP) is 13.2. The van der Waals surface area contributed by atoms with E-state index in [2.05, 4.69) is 196 Å². The monoisotopic (exact) mass is 721 g/mol. The van der Waals surface area contributed by atoms with Crippen molar-refractivity contribution in [3.05, 3.63) is 222 Å². The highest BCUT2D eigenvalue weighted by atomic mass is 14.8. The molecule has 0 aliphatic heterocycles. The highest BCUT2D eigenvalue weighted by molar-refractivity contribution is 6.14. The van der Waals surface area contributed by atoms with Crippen molar-refractivity contribution >= 4 is 43.9 Å². The Morgan fingerprint density at radius 2 is 1.32 bits per heavy atom. The van der Waals surface area contributed by atoms with E-state index in [9.17, 15) is 0 Å². The molecule has 5 aromatic carbocycles.